The van der Waals surface area contributed by atoms with Crippen LogP contribution in [0.15, 0.2) is 71.4 Å². The van der Waals surface area contributed by atoms with Gasteiger partial charge in [-0.25, -0.2) is 0 Å². The molecule has 0 radical (unpaired) electrons. The van der Waals surface area contributed by atoms with E-state index in [1.807, 2.05) is 59.5 Å². The molecule has 2 aromatic carbocycles. The van der Waals surface area contributed by atoms with Crippen LogP contribution >= 0.6 is 0 Å². The van der Waals surface area contributed by atoms with E-state index in [-0.39, 0.29) is 24.2 Å². The molecule has 7 nitrogen and oxygen atoms in total. The largest absolute Gasteiger partial charge is 0.497 e. The molecule has 0 aliphatic carbocycles. The summed E-state index contributed by atoms with van der Waals surface area (Å²) >= 11 is 0. The van der Waals surface area contributed by atoms with E-state index in [4.69, 9.17) is 14.0 Å². The summed E-state index contributed by atoms with van der Waals surface area (Å²) in [5.74, 6) is 1.78. The molecule has 32 heavy (non-hydrogen) atoms. The van der Waals surface area contributed by atoms with Gasteiger partial charge in [-0.05, 0) is 42.7 Å². The van der Waals surface area contributed by atoms with Crippen LogP contribution in [0.25, 0.3) is 10.9 Å². The molecule has 4 aromatic rings. The maximum atomic E-state index is 13.2. The number of hydrogen-bond acceptors (Lipinski definition) is 6. The van der Waals surface area contributed by atoms with Crippen LogP contribution < -0.4 is 9.47 Å². The van der Waals surface area contributed by atoms with Crippen LogP contribution in [0.2, 0.25) is 0 Å². The second kappa shape index (κ2) is 8.70. The first-order chi connectivity index (χ1) is 15.7. The number of carbonyl (C=O) groups excluding carboxylic acids is 1. The highest BCUT2D eigenvalue weighted by molar-refractivity contribution is 5.92. The molecule has 5 rings (SSSR count). The minimum atomic E-state index is -0.142. The van der Waals surface area contributed by atoms with Crippen LogP contribution in [0.4, 0.5) is 0 Å². The first-order valence-corrected chi connectivity index (χ1v) is 10.6. The molecule has 1 amide bonds. The number of methoxy groups -OCH3 is 1. The molecule has 1 saturated heterocycles. The Morgan fingerprint density at radius 3 is 2.94 bits per heavy atom. The van der Waals surface area contributed by atoms with Crippen molar-refractivity contribution in [2.24, 2.45) is 0 Å². The topological polar surface area (TPSA) is 77.7 Å². The van der Waals surface area contributed by atoms with Gasteiger partial charge in [0, 0.05) is 24.2 Å². The average Bonchev–Trinajstić information content (AvgIpc) is 3.52. The third-order valence-corrected chi connectivity index (χ3v) is 5.74. The van der Waals surface area contributed by atoms with E-state index >= 15 is 0 Å². The van der Waals surface area contributed by atoms with Crippen molar-refractivity contribution >= 4 is 16.8 Å². The number of pyridine rings is 1. The van der Waals surface area contributed by atoms with Crippen LogP contribution in [0.1, 0.15) is 40.7 Å². The SMILES string of the molecule is COc1cccc(C2CCCN2C(=O)c2cc(COc3cccc4cccnc34)on2)c1. The van der Waals surface area contributed by atoms with Crippen molar-refractivity contribution in [3.05, 3.63) is 83.9 Å². The molecule has 1 aliphatic rings. The Morgan fingerprint density at radius 2 is 2.03 bits per heavy atom. The summed E-state index contributed by atoms with van der Waals surface area (Å²) in [7, 11) is 1.64. The van der Waals surface area contributed by atoms with Crippen LogP contribution in [0.3, 0.4) is 0 Å². The van der Waals surface area contributed by atoms with Gasteiger partial charge in [0.15, 0.2) is 11.5 Å². The van der Waals surface area contributed by atoms with E-state index in [0.717, 1.165) is 35.1 Å². The Morgan fingerprint density at radius 1 is 1.16 bits per heavy atom. The monoisotopic (exact) mass is 429 g/mol. The predicted molar refractivity (Wildman–Crippen MR) is 119 cm³/mol. The smallest absolute Gasteiger partial charge is 0.276 e. The lowest BCUT2D eigenvalue weighted by atomic mass is 10.0. The zero-order chi connectivity index (χ0) is 21.9. The van der Waals surface area contributed by atoms with Gasteiger partial charge >= 0.3 is 0 Å². The molecule has 0 saturated carbocycles. The highest BCUT2D eigenvalue weighted by Gasteiger charge is 2.32. The Hall–Kier alpha value is -3.87. The van der Waals surface area contributed by atoms with E-state index in [9.17, 15) is 4.79 Å². The highest BCUT2D eigenvalue weighted by atomic mass is 16.5. The standard InChI is InChI=1S/C25H23N3O4/c1-30-19-9-2-7-18(14-19)22-10-5-13-28(22)25(29)21-15-20(32-27-21)16-31-23-11-3-6-17-8-4-12-26-24(17)23/h2-4,6-9,11-12,14-15,22H,5,10,13,16H2,1H3. The number of nitrogens with zero attached hydrogens (tertiary/aromatic N) is 3. The summed E-state index contributed by atoms with van der Waals surface area (Å²) < 4.78 is 16.6. The van der Waals surface area contributed by atoms with Crippen molar-refractivity contribution in [1.82, 2.24) is 15.0 Å². The fourth-order valence-electron chi connectivity index (χ4n) is 4.18. The first kappa shape index (κ1) is 20.1. The number of rotatable bonds is 6. The third-order valence-electron chi connectivity index (χ3n) is 5.74. The van der Waals surface area contributed by atoms with Crippen molar-refractivity contribution in [3.8, 4) is 11.5 Å². The average molecular weight is 429 g/mol. The second-order valence-electron chi connectivity index (χ2n) is 7.73. The van der Waals surface area contributed by atoms with E-state index in [2.05, 4.69) is 10.1 Å². The van der Waals surface area contributed by atoms with Crippen LogP contribution in [-0.2, 0) is 6.61 Å². The Bertz CT molecular complexity index is 1250. The molecule has 3 heterocycles. The highest BCUT2D eigenvalue weighted by Crippen LogP contribution is 2.34. The van der Waals surface area contributed by atoms with Crippen LogP contribution in [0, 0.1) is 0 Å². The molecule has 1 fully saturated rings. The van der Waals surface area contributed by atoms with Crippen molar-refractivity contribution in [2.75, 3.05) is 13.7 Å². The summed E-state index contributed by atoms with van der Waals surface area (Å²) in [5, 5.41) is 5.01. The molecule has 1 aliphatic heterocycles. The molecule has 1 unspecified atom stereocenters. The van der Waals surface area contributed by atoms with E-state index in [1.54, 1.807) is 19.4 Å². The van der Waals surface area contributed by atoms with Crippen LogP contribution in [-0.4, -0.2) is 34.6 Å². The molecule has 0 bridgehead atoms. The number of hydrogen-bond donors (Lipinski definition) is 0. The minimum Gasteiger partial charge on any atom is -0.497 e. The van der Waals surface area contributed by atoms with Gasteiger partial charge in [0.25, 0.3) is 5.91 Å². The van der Waals surface area contributed by atoms with E-state index in [0.29, 0.717) is 18.1 Å². The van der Waals surface area contributed by atoms with Crippen molar-refractivity contribution in [2.45, 2.75) is 25.5 Å². The number of para-hydroxylation sites is 1. The van der Waals surface area contributed by atoms with Crippen molar-refractivity contribution < 1.29 is 18.8 Å². The van der Waals surface area contributed by atoms with Crippen molar-refractivity contribution in [1.29, 1.82) is 0 Å². The van der Waals surface area contributed by atoms with Gasteiger partial charge in [0.1, 0.15) is 23.6 Å². The normalized spacial score (nSPS) is 15.8. The van der Waals surface area contributed by atoms with Gasteiger partial charge in [0.05, 0.1) is 13.2 Å². The number of amides is 1. The maximum absolute atomic E-state index is 13.2. The molecular formula is C25H23N3O4. The Balaban J connectivity index is 1.30. The first-order valence-electron chi connectivity index (χ1n) is 10.6. The minimum absolute atomic E-state index is 0.00393. The molecular weight excluding hydrogens is 406 g/mol. The summed E-state index contributed by atoms with van der Waals surface area (Å²) in [6, 6.07) is 19.1. The predicted octanol–water partition coefficient (Wildman–Crippen LogP) is 4.79. The van der Waals surface area contributed by atoms with Gasteiger partial charge in [-0.1, -0.05) is 35.5 Å². The van der Waals surface area contributed by atoms with E-state index in [1.165, 1.54) is 0 Å². The van der Waals surface area contributed by atoms with E-state index < -0.39 is 0 Å². The fraction of sp³-hybridized carbons (Fsp3) is 0.240. The number of ether oxygens (including phenoxy) is 2. The lowest BCUT2D eigenvalue weighted by molar-refractivity contribution is 0.0724. The summed E-state index contributed by atoms with van der Waals surface area (Å²) in [6.45, 7) is 0.844. The number of benzene rings is 2. The van der Waals surface area contributed by atoms with Gasteiger partial charge in [0.2, 0.25) is 0 Å². The number of carbonyl (C=O) groups is 1. The van der Waals surface area contributed by atoms with Gasteiger partial charge in [-0.2, -0.15) is 0 Å². The van der Waals surface area contributed by atoms with Gasteiger partial charge in [-0.3, -0.25) is 9.78 Å². The zero-order valence-corrected chi connectivity index (χ0v) is 17.7. The summed E-state index contributed by atoms with van der Waals surface area (Å²) in [6.07, 6.45) is 3.57. The number of aromatic nitrogens is 2. The molecule has 162 valence electrons. The van der Waals surface area contributed by atoms with Gasteiger partial charge < -0.3 is 18.9 Å². The molecule has 1 atom stereocenters. The lowest BCUT2D eigenvalue weighted by Gasteiger charge is -2.24. The van der Waals surface area contributed by atoms with Crippen LogP contribution in [0.5, 0.6) is 11.5 Å². The van der Waals surface area contributed by atoms with Crippen molar-refractivity contribution in [3.63, 3.8) is 0 Å². The summed E-state index contributed by atoms with van der Waals surface area (Å²) in [5.41, 5.74) is 2.13. The second-order valence-corrected chi connectivity index (χ2v) is 7.73. The zero-order valence-electron chi connectivity index (χ0n) is 17.7. The maximum Gasteiger partial charge on any atom is 0.276 e. The third kappa shape index (κ3) is 3.89. The molecule has 0 N–H and O–H groups in total. The Labute approximate surface area is 185 Å². The number of fused-ring (bicyclic) bond motifs is 1. The quantitative estimate of drug-likeness (QED) is 0.439. The Kier molecular flexibility index (Phi) is 5.46. The molecule has 7 heteroatoms. The fourth-order valence-corrected chi connectivity index (χ4v) is 4.18. The lowest BCUT2D eigenvalue weighted by Crippen LogP contribution is -2.30. The van der Waals surface area contributed by atoms with Gasteiger partial charge in [-0.15, -0.1) is 0 Å². The summed E-state index contributed by atoms with van der Waals surface area (Å²) in [4.78, 5) is 19.4. The molecule has 2 aromatic heterocycles. The molecule has 0 spiro atoms. The number of likely N-dealkylation sites (tertiary alicyclic amines) is 1.